The third-order valence-corrected chi connectivity index (χ3v) is 1.44. The van der Waals surface area contributed by atoms with Crippen molar-refractivity contribution in [3.8, 4) is 11.8 Å². The molecule has 0 atom stereocenters. The van der Waals surface area contributed by atoms with E-state index in [4.69, 9.17) is 0 Å². The van der Waals surface area contributed by atoms with Gasteiger partial charge >= 0.3 is 0 Å². The second-order valence-electron chi connectivity index (χ2n) is 2.54. The molecule has 0 heterocycles. The number of carbonyl (C=O) groups excluding carboxylic acids is 1. The molecular weight excluding hydrogens is 148 g/mol. The highest BCUT2D eigenvalue weighted by Gasteiger charge is 1.85. The van der Waals surface area contributed by atoms with E-state index in [9.17, 15) is 4.79 Å². The number of benzene rings is 1. The number of rotatable bonds is 1. The molecule has 12 heavy (non-hydrogen) atoms. The van der Waals surface area contributed by atoms with Crippen LogP contribution in [-0.2, 0) is 4.79 Å². The molecule has 0 spiro atoms. The molecule has 60 valence electrons. The zero-order chi connectivity index (χ0) is 8.81. The van der Waals surface area contributed by atoms with Crippen LogP contribution in [0.1, 0.15) is 17.5 Å². The summed E-state index contributed by atoms with van der Waals surface area (Å²) in [6.07, 6.45) is 1.12. The summed E-state index contributed by atoms with van der Waals surface area (Å²) in [4.78, 5) is 9.96. The van der Waals surface area contributed by atoms with Crippen LogP contribution in [0.5, 0.6) is 0 Å². The SMILES string of the molecule is Cc1cccc(C#CCC=O)c1. The van der Waals surface area contributed by atoms with Crippen LogP contribution < -0.4 is 0 Å². The summed E-state index contributed by atoms with van der Waals surface area (Å²) in [7, 11) is 0. The summed E-state index contributed by atoms with van der Waals surface area (Å²) in [6, 6.07) is 7.91. The standard InChI is InChI=1S/C11H10O/c1-10-5-4-7-11(9-10)6-2-3-8-12/h4-5,7-9H,3H2,1H3. The summed E-state index contributed by atoms with van der Waals surface area (Å²) in [5, 5.41) is 0. The van der Waals surface area contributed by atoms with E-state index in [-0.39, 0.29) is 0 Å². The molecule has 1 heteroatoms. The monoisotopic (exact) mass is 158 g/mol. The van der Waals surface area contributed by atoms with Gasteiger partial charge in [0.25, 0.3) is 0 Å². The molecule has 0 aliphatic heterocycles. The Kier molecular flexibility index (Phi) is 3.10. The zero-order valence-electron chi connectivity index (χ0n) is 7.00. The average Bonchev–Trinajstić information content (AvgIpc) is 2.05. The Morgan fingerprint density at radius 2 is 2.33 bits per heavy atom. The third kappa shape index (κ3) is 2.59. The van der Waals surface area contributed by atoms with Crippen LogP contribution >= 0.6 is 0 Å². The molecule has 0 aromatic heterocycles. The Balaban J connectivity index is 2.77. The molecule has 1 nitrogen and oxygen atoms in total. The van der Waals surface area contributed by atoms with Gasteiger partial charge in [0, 0.05) is 5.56 Å². The van der Waals surface area contributed by atoms with Crippen molar-refractivity contribution in [2.45, 2.75) is 13.3 Å². The summed E-state index contributed by atoms with van der Waals surface area (Å²) < 4.78 is 0. The molecule has 1 rings (SSSR count). The second-order valence-corrected chi connectivity index (χ2v) is 2.54. The Morgan fingerprint density at radius 3 is 3.00 bits per heavy atom. The van der Waals surface area contributed by atoms with Gasteiger partial charge in [-0.2, -0.15) is 0 Å². The molecule has 0 aliphatic rings. The van der Waals surface area contributed by atoms with E-state index >= 15 is 0 Å². The van der Waals surface area contributed by atoms with Crippen molar-refractivity contribution in [2.24, 2.45) is 0 Å². The molecule has 0 fully saturated rings. The van der Waals surface area contributed by atoms with Gasteiger partial charge in [-0.25, -0.2) is 0 Å². The smallest absolute Gasteiger partial charge is 0.131 e. The first-order valence-electron chi connectivity index (χ1n) is 3.82. The van der Waals surface area contributed by atoms with Crippen LogP contribution in [0.15, 0.2) is 24.3 Å². The normalized spacial score (nSPS) is 8.42. The van der Waals surface area contributed by atoms with Crippen LogP contribution in [0.4, 0.5) is 0 Å². The molecule has 0 saturated carbocycles. The van der Waals surface area contributed by atoms with E-state index in [1.165, 1.54) is 5.56 Å². The van der Waals surface area contributed by atoms with Crippen LogP contribution in [0.2, 0.25) is 0 Å². The molecule has 1 aromatic carbocycles. The molecule has 0 saturated heterocycles. The van der Waals surface area contributed by atoms with Crippen LogP contribution in [0.3, 0.4) is 0 Å². The minimum Gasteiger partial charge on any atom is -0.302 e. The molecule has 0 aliphatic carbocycles. The maximum absolute atomic E-state index is 9.96. The maximum atomic E-state index is 9.96. The second kappa shape index (κ2) is 4.35. The lowest BCUT2D eigenvalue weighted by atomic mass is 10.1. The lowest BCUT2D eigenvalue weighted by Gasteiger charge is -1.91. The Bertz CT molecular complexity index is 328. The molecule has 0 radical (unpaired) electrons. The van der Waals surface area contributed by atoms with Crippen molar-refractivity contribution >= 4 is 6.29 Å². The van der Waals surface area contributed by atoms with Crippen molar-refractivity contribution in [3.05, 3.63) is 35.4 Å². The maximum Gasteiger partial charge on any atom is 0.131 e. The number of carbonyl (C=O) groups is 1. The fourth-order valence-corrected chi connectivity index (χ4v) is 0.918. The van der Waals surface area contributed by atoms with E-state index < -0.39 is 0 Å². The fraction of sp³-hybridized carbons (Fsp3) is 0.182. The first-order valence-corrected chi connectivity index (χ1v) is 3.82. The molecule has 0 amide bonds. The Morgan fingerprint density at radius 1 is 1.50 bits per heavy atom. The van der Waals surface area contributed by atoms with E-state index in [0.29, 0.717) is 6.42 Å². The minimum absolute atomic E-state index is 0.313. The van der Waals surface area contributed by atoms with Gasteiger partial charge in [0.1, 0.15) is 6.29 Å². The fourth-order valence-electron chi connectivity index (χ4n) is 0.918. The third-order valence-electron chi connectivity index (χ3n) is 1.44. The predicted octanol–water partition coefficient (Wildman–Crippen LogP) is 1.94. The number of hydrogen-bond donors (Lipinski definition) is 0. The average molecular weight is 158 g/mol. The van der Waals surface area contributed by atoms with Crippen molar-refractivity contribution < 1.29 is 4.79 Å². The van der Waals surface area contributed by atoms with Gasteiger partial charge in [-0.1, -0.05) is 24.0 Å². The lowest BCUT2D eigenvalue weighted by Crippen LogP contribution is -1.76. The largest absolute Gasteiger partial charge is 0.302 e. The van der Waals surface area contributed by atoms with E-state index in [2.05, 4.69) is 11.8 Å². The summed E-state index contributed by atoms with van der Waals surface area (Å²) in [5.74, 6) is 5.67. The van der Waals surface area contributed by atoms with Gasteiger partial charge in [0.2, 0.25) is 0 Å². The van der Waals surface area contributed by atoms with E-state index in [1.807, 2.05) is 31.2 Å². The number of aldehydes is 1. The Labute approximate surface area is 72.4 Å². The van der Waals surface area contributed by atoms with Gasteiger partial charge < -0.3 is 4.79 Å². The topological polar surface area (TPSA) is 17.1 Å². The lowest BCUT2D eigenvalue weighted by molar-refractivity contribution is -0.107. The molecule has 0 bridgehead atoms. The zero-order valence-corrected chi connectivity index (χ0v) is 7.00. The van der Waals surface area contributed by atoms with Crippen LogP contribution in [-0.4, -0.2) is 6.29 Å². The highest BCUT2D eigenvalue weighted by atomic mass is 16.1. The van der Waals surface area contributed by atoms with E-state index in [0.717, 1.165) is 11.8 Å². The highest BCUT2D eigenvalue weighted by molar-refractivity contribution is 5.55. The molecule has 1 aromatic rings. The first kappa shape index (κ1) is 8.55. The minimum atomic E-state index is 0.313. The summed E-state index contributed by atoms with van der Waals surface area (Å²) in [5.41, 5.74) is 2.16. The molecule has 0 unspecified atom stereocenters. The van der Waals surface area contributed by atoms with Crippen molar-refractivity contribution in [3.63, 3.8) is 0 Å². The first-order chi connectivity index (χ1) is 5.83. The predicted molar refractivity (Wildman–Crippen MR) is 48.7 cm³/mol. The van der Waals surface area contributed by atoms with Crippen molar-refractivity contribution in [1.82, 2.24) is 0 Å². The number of hydrogen-bond acceptors (Lipinski definition) is 1. The molecule has 0 N–H and O–H groups in total. The van der Waals surface area contributed by atoms with Gasteiger partial charge in [-0.05, 0) is 24.6 Å². The Hall–Kier alpha value is -1.55. The van der Waals surface area contributed by atoms with Crippen molar-refractivity contribution in [1.29, 1.82) is 0 Å². The molecular formula is C11H10O. The van der Waals surface area contributed by atoms with Gasteiger partial charge in [-0.15, -0.1) is 0 Å². The van der Waals surface area contributed by atoms with Gasteiger partial charge in [-0.3, -0.25) is 0 Å². The highest BCUT2D eigenvalue weighted by Crippen LogP contribution is 2.01. The van der Waals surface area contributed by atoms with E-state index in [1.54, 1.807) is 0 Å². The van der Waals surface area contributed by atoms with Gasteiger partial charge in [0.15, 0.2) is 0 Å². The van der Waals surface area contributed by atoms with Crippen molar-refractivity contribution in [2.75, 3.05) is 0 Å². The summed E-state index contributed by atoms with van der Waals surface area (Å²) >= 11 is 0. The van der Waals surface area contributed by atoms with Crippen LogP contribution in [0, 0.1) is 18.8 Å². The summed E-state index contributed by atoms with van der Waals surface area (Å²) in [6.45, 7) is 2.02. The number of aryl methyl sites for hydroxylation is 1. The van der Waals surface area contributed by atoms with Crippen LogP contribution in [0.25, 0.3) is 0 Å². The van der Waals surface area contributed by atoms with Gasteiger partial charge in [0.05, 0.1) is 6.42 Å². The quantitative estimate of drug-likeness (QED) is 0.451.